The molecule has 0 aliphatic heterocycles. The summed E-state index contributed by atoms with van der Waals surface area (Å²) in [7, 11) is 1.63. The van der Waals surface area contributed by atoms with Crippen LogP contribution in [-0.2, 0) is 4.84 Å². The maximum atomic E-state index is 5.93. The van der Waals surface area contributed by atoms with Crippen molar-refractivity contribution in [1.29, 1.82) is 0 Å². The molecule has 1 aliphatic carbocycles. The fraction of sp³-hybridized carbons (Fsp3) is 0.467. The summed E-state index contributed by atoms with van der Waals surface area (Å²) in [5.74, 6) is 0.787. The highest BCUT2D eigenvalue weighted by atomic mass is 79.9. The minimum absolute atomic E-state index is 0.743. The first-order chi connectivity index (χ1) is 9.20. The molecule has 1 aromatic carbocycles. The third-order valence-corrected chi connectivity index (χ3v) is 4.52. The molecule has 0 bridgehead atoms. The summed E-state index contributed by atoms with van der Waals surface area (Å²) in [5, 5.41) is 0.743. The molecule has 0 atom stereocenters. The van der Waals surface area contributed by atoms with Crippen LogP contribution in [0.15, 0.2) is 28.7 Å². The van der Waals surface area contributed by atoms with Gasteiger partial charge in [0.1, 0.15) is 0 Å². The first-order valence-corrected chi connectivity index (χ1v) is 7.81. The highest BCUT2D eigenvalue weighted by Crippen LogP contribution is 2.34. The molecule has 2 nitrogen and oxygen atoms in total. The van der Waals surface area contributed by atoms with Gasteiger partial charge in [-0.1, -0.05) is 65.3 Å². The van der Waals surface area contributed by atoms with Gasteiger partial charge in [-0.2, -0.15) is 0 Å². The zero-order valence-electron chi connectivity index (χ0n) is 11.1. The molecule has 0 aromatic heterocycles. The number of rotatable bonds is 5. The second-order valence-corrected chi connectivity index (χ2v) is 6.34. The topological polar surface area (TPSA) is 21.3 Å². The van der Waals surface area contributed by atoms with Crippen LogP contribution in [0.1, 0.15) is 37.7 Å². The van der Waals surface area contributed by atoms with Gasteiger partial charge in [-0.25, -0.2) is 0 Å². The van der Waals surface area contributed by atoms with Gasteiger partial charge in [0, 0.05) is 15.1 Å². The quantitative estimate of drug-likeness (QED) is 0.747. The Bertz CT molecular complexity index is 438. The maximum absolute atomic E-state index is 5.93. The highest BCUT2D eigenvalue weighted by Gasteiger charge is 2.18. The van der Waals surface area contributed by atoms with Gasteiger partial charge in [-0.05, 0) is 24.5 Å². The number of hydroxylamine groups is 1. The van der Waals surface area contributed by atoms with E-state index in [1.807, 2.05) is 24.3 Å². The summed E-state index contributed by atoms with van der Waals surface area (Å²) in [4.78, 5) is 5.10. The van der Waals surface area contributed by atoms with Crippen LogP contribution in [0.2, 0.25) is 5.02 Å². The van der Waals surface area contributed by atoms with Crippen LogP contribution >= 0.6 is 27.5 Å². The number of allylic oxidation sites excluding steroid dienone is 1. The van der Waals surface area contributed by atoms with Crippen LogP contribution < -0.4 is 5.48 Å². The second kappa shape index (κ2) is 7.32. The zero-order chi connectivity index (χ0) is 13.7. The minimum Gasteiger partial charge on any atom is -0.279 e. The molecule has 0 unspecified atom stereocenters. The number of benzene rings is 1. The van der Waals surface area contributed by atoms with Crippen molar-refractivity contribution in [3.63, 3.8) is 0 Å². The summed E-state index contributed by atoms with van der Waals surface area (Å²) in [5.41, 5.74) is 5.05. The SMILES string of the molecule is CONC(=C(Br)CC1CCCC1)c1ccc(Cl)cc1. The Balaban J connectivity index is 2.18. The van der Waals surface area contributed by atoms with E-state index in [0.29, 0.717) is 0 Å². The van der Waals surface area contributed by atoms with Crippen LogP contribution in [0.3, 0.4) is 0 Å². The highest BCUT2D eigenvalue weighted by molar-refractivity contribution is 9.11. The van der Waals surface area contributed by atoms with Crippen molar-refractivity contribution >= 4 is 33.2 Å². The van der Waals surface area contributed by atoms with Gasteiger partial charge >= 0.3 is 0 Å². The van der Waals surface area contributed by atoms with Crippen molar-refractivity contribution in [2.24, 2.45) is 5.92 Å². The third kappa shape index (κ3) is 4.23. The average Bonchev–Trinajstić information content (AvgIpc) is 2.90. The number of nitrogens with one attached hydrogen (secondary N) is 1. The van der Waals surface area contributed by atoms with Crippen LogP contribution in [-0.4, -0.2) is 7.11 Å². The van der Waals surface area contributed by atoms with Gasteiger partial charge < -0.3 is 0 Å². The molecular formula is C15H19BrClNO. The van der Waals surface area contributed by atoms with Crippen molar-refractivity contribution in [1.82, 2.24) is 5.48 Å². The molecule has 0 radical (unpaired) electrons. The van der Waals surface area contributed by atoms with Crippen molar-refractivity contribution in [2.45, 2.75) is 32.1 Å². The predicted octanol–water partition coefficient (Wildman–Crippen LogP) is 5.13. The molecule has 1 fully saturated rings. The van der Waals surface area contributed by atoms with Gasteiger partial charge in [-0.15, -0.1) is 0 Å². The molecule has 104 valence electrons. The lowest BCUT2D eigenvalue weighted by Crippen LogP contribution is -2.12. The molecule has 1 aliphatic rings. The fourth-order valence-electron chi connectivity index (χ4n) is 2.56. The van der Waals surface area contributed by atoms with E-state index in [1.165, 1.54) is 30.2 Å². The van der Waals surface area contributed by atoms with E-state index < -0.39 is 0 Å². The van der Waals surface area contributed by atoms with E-state index in [0.717, 1.165) is 28.6 Å². The van der Waals surface area contributed by atoms with E-state index in [4.69, 9.17) is 16.4 Å². The van der Waals surface area contributed by atoms with Gasteiger partial charge in [0.05, 0.1) is 12.8 Å². The maximum Gasteiger partial charge on any atom is 0.0777 e. The summed E-state index contributed by atoms with van der Waals surface area (Å²) in [6.45, 7) is 0. The summed E-state index contributed by atoms with van der Waals surface area (Å²) < 4.78 is 1.17. The number of hydrogen-bond donors (Lipinski definition) is 1. The minimum atomic E-state index is 0.743. The normalized spacial score (nSPS) is 17.4. The van der Waals surface area contributed by atoms with Crippen molar-refractivity contribution in [2.75, 3.05) is 7.11 Å². The molecule has 2 rings (SSSR count). The van der Waals surface area contributed by atoms with Crippen molar-refractivity contribution < 1.29 is 4.84 Å². The van der Waals surface area contributed by atoms with Gasteiger partial charge in [-0.3, -0.25) is 10.3 Å². The second-order valence-electron chi connectivity index (χ2n) is 4.95. The van der Waals surface area contributed by atoms with E-state index in [1.54, 1.807) is 7.11 Å². The van der Waals surface area contributed by atoms with E-state index >= 15 is 0 Å². The van der Waals surface area contributed by atoms with Crippen LogP contribution in [0.4, 0.5) is 0 Å². The Morgan fingerprint density at radius 1 is 1.32 bits per heavy atom. The first-order valence-electron chi connectivity index (χ1n) is 6.64. The van der Waals surface area contributed by atoms with Crippen LogP contribution in [0, 0.1) is 5.92 Å². The van der Waals surface area contributed by atoms with Crippen molar-refractivity contribution in [3.05, 3.63) is 39.3 Å². The average molecular weight is 345 g/mol. The lowest BCUT2D eigenvalue weighted by atomic mass is 10.0. The molecule has 0 amide bonds. The van der Waals surface area contributed by atoms with E-state index in [9.17, 15) is 0 Å². The zero-order valence-corrected chi connectivity index (χ0v) is 13.4. The van der Waals surface area contributed by atoms with E-state index in [2.05, 4.69) is 21.4 Å². The lowest BCUT2D eigenvalue weighted by molar-refractivity contribution is 0.136. The van der Waals surface area contributed by atoms with Gasteiger partial charge in [0.15, 0.2) is 0 Å². The standard InChI is InChI=1S/C15H19BrClNO/c1-19-18-15(12-6-8-13(17)9-7-12)14(16)10-11-4-2-3-5-11/h6-9,11,18H,2-5,10H2,1H3. The molecule has 0 saturated heterocycles. The molecule has 4 heteroatoms. The molecule has 0 spiro atoms. The molecule has 1 aromatic rings. The van der Waals surface area contributed by atoms with Gasteiger partial charge in [0.2, 0.25) is 0 Å². The Morgan fingerprint density at radius 2 is 1.95 bits per heavy atom. The molecule has 0 heterocycles. The molecular weight excluding hydrogens is 326 g/mol. The lowest BCUT2D eigenvalue weighted by Gasteiger charge is -2.15. The summed E-state index contributed by atoms with van der Waals surface area (Å²) in [6.07, 6.45) is 6.44. The monoisotopic (exact) mass is 343 g/mol. The molecule has 1 saturated carbocycles. The Morgan fingerprint density at radius 3 is 2.53 bits per heavy atom. The summed E-state index contributed by atoms with van der Waals surface area (Å²) in [6, 6.07) is 7.79. The largest absolute Gasteiger partial charge is 0.279 e. The third-order valence-electron chi connectivity index (χ3n) is 3.55. The molecule has 19 heavy (non-hydrogen) atoms. The Hall–Kier alpha value is -0.510. The summed E-state index contributed by atoms with van der Waals surface area (Å²) >= 11 is 9.65. The van der Waals surface area contributed by atoms with Crippen LogP contribution in [0.25, 0.3) is 5.70 Å². The van der Waals surface area contributed by atoms with Crippen molar-refractivity contribution in [3.8, 4) is 0 Å². The first kappa shape index (κ1) is 14.9. The Labute approximate surface area is 128 Å². The van der Waals surface area contributed by atoms with E-state index in [-0.39, 0.29) is 0 Å². The molecule has 1 N–H and O–H groups in total. The number of hydrogen-bond acceptors (Lipinski definition) is 2. The smallest absolute Gasteiger partial charge is 0.0777 e. The number of halogens is 2. The Kier molecular flexibility index (Phi) is 5.74. The fourth-order valence-corrected chi connectivity index (χ4v) is 3.45. The van der Waals surface area contributed by atoms with Crippen LogP contribution in [0.5, 0.6) is 0 Å². The van der Waals surface area contributed by atoms with Gasteiger partial charge in [0.25, 0.3) is 0 Å². The predicted molar refractivity (Wildman–Crippen MR) is 84.0 cm³/mol.